The Labute approximate surface area is 120 Å². The second-order valence-corrected chi connectivity index (χ2v) is 10.3. The van der Waals surface area contributed by atoms with E-state index in [4.69, 9.17) is 4.43 Å². The van der Waals surface area contributed by atoms with Gasteiger partial charge in [-0.15, -0.1) is 0 Å². The Balaban J connectivity index is 1.89. The molecule has 3 nitrogen and oxygen atoms in total. The minimum Gasteiger partial charge on any atom is -0.544 e. The monoisotopic (exact) mass is 282 g/mol. The summed E-state index contributed by atoms with van der Waals surface area (Å²) in [4.78, 5) is 0. The van der Waals surface area contributed by atoms with E-state index in [0.717, 1.165) is 17.1 Å². The van der Waals surface area contributed by atoms with Gasteiger partial charge in [-0.1, -0.05) is 12.1 Å². The number of hydrogen-bond donors (Lipinski definition) is 0. The van der Waals surface area contributed by atoms with E-state index in [9.17, 15) is 0 Å². The van der Waals surface area contributed by atoms with Gasteiger partial charge in [0.1, 0.15) is 5.75 Å². The molecule has 4 heteroatoms. The number of hydrogen-bond acceptors (Lipinski definition) is 2. The Morgan fingerprint density at radius 1 is 0.950 bits per heavy atom. The molecule has 102 valence electrons. The normalized spacial score (nSPS) is 11.8. The summed E-state index contributed by atoms with van der Waals surface area (Å²) < 4.78 is 7.85. The standard InChI is InChI=1S/C16H18N2OSi/c1-20(2,3)19-15-9-7-14(8-10-15)18-12-11-13-5-4-6-16(13)17-18/h4-12H,1-3H3. The molecule has 0 radical (unpaired) electrons. The fourth-order valence-corrected chi connectivity index (χ4v) is 2.96. The Bertz CT molecular complexity index is 682. The summed E-state index contributed by atoms with van der Waals surface area (Å²) in [6.45, 7) is 6.54. The van der Waals surface area contributed by atoms with E-state index in [1.165, 1.54) is 5.56 Å². The van der Waals surface area contributed by atoms with E-state index in [0.29, 0.717) is 0 Å². The average Bonchev–Trinajstić information content (AvgIpc) is 2.85. The lowest BCUT2D eigenvalue weighted by Gasteiger charge is -2.19. The highest BCUT2D eigenvalue weighted by atomic mass is 28.4. The van der Waals surface area contributed by atoms with Crippen LogP contribution in [0.25, 0.3) is 16.9 Å². The van der Waals surface area contributed by atoms with Gasteiger partial charge in [0.05, 0.1) is 11.4 Å². The maximum Gasteiger partial charge on any atom is 0.242 e. The zero-order chi connectivity index (χ0) is 14.2. The van der Waals surface area contributed by atoms with Crippen LogP contribution in [-0.2, 0) is 0 Å². The summed E-state index contributed by atoms with van der Waals surface area (Å²) in [5, 5.41) is 4.59. The van der Waals surface area contributed by atoms with Crippen LogP contribution in [-0.4, -0.2) is 18.1 Å². The molecule has 1 aromatic rings. The van der Waals surface area contributed by atoms with Crippen molar-refractivity contribution in [3.05, 3.63) is 54.7 Å². The highest BCUT2D eigenvalue weighted by Crippen LogP contribution is 2.22. The molecule has 1 aliphatic heterocycles. The zero-order valence-corrected chi connectivity index (χ0v) is 13.0. The largest absolute Gasteiger partial charge is 0.544 e. The van der Waals surface area contributed by atoms with Crippen molar-refractivity contribution in [2.45, 2.75) is 19.6 Å². The maximum atomic E-state index is 5.96. The molecule has 0 N–H and O–H groups in total. The summed E-state index contributed by atoms with van der Waals surface area (Å²) >= 11 is 0. The zero-order valence-electron chi connectivity index (χ0n) is 12.0. The molecule has 20 heavy (non-hydrogen) atoms. The van der Waals surface area contributed by atoms with Crippen LogP contribution in [0, 0.1) is 0 Å². The lowest BCUT2D eigenvalue weighted by molar-refractivity contribution is 0.557. The van der Waals surface area contributed by atoms with E-state index >= 15 is 0 Å². The van der Waals surface area contributed by atoms with Crippen molar-refractivity contribution >= 4 is 8.32 Å². The van der Waals surface area contributed by atoms with E-state index in [1.807, 2.05) is 47.3 Å². The van der Waals surface area contributed by atoms with Gasteiger partial charge in [-0.25, -0.2) is 4.68 Å². The van der Waals surface area contributed by atoms with Crippen LogP contribution in [0.5, 0.6) is 5.75 Å². The van der Waals surface area contributed by atoms with Crippen molar-refractivity contribution < 1.29 is 4.43 Å². The molecule has 0 fully saturated rings. The highest BCUT2D eigenvalue weighted by molar-refractivity contribution is 6.70. The van der Waals surface area contributed by atoms with Gasteiger partial charge >= 0.3 is 0 Å². The second-order valence-electron chi connectivity index (χ2n) is 5.84. The molecule has 0 saturated carbocycles. The van der Waals surface area contributed by atoms with Crippen LogP contribution in [0.1, 0.15) is 0 Å². The molecule has 1 heterocycles. The van der Waals surface area contributed by atoms with Crippen molar-refractivity contribution in [1.29, 1.82) is 0 Å². The lowest BCUT2D eigenvalue weighted by atomic mass is 10.2. The molecule has 2 aliphatic rings. The molecule has 0 amide bonds. The van der Waals surface area contributed by atoms with Gasteiger partial charge < -0.3 is 4.43 Å². The molecule has 0 aromatic heterocycles. The summed E-state index contributed by atoms with van der Waals surface area (Å²) in [7, 11) is -1.54. The predicted octanol–water partition coefficient (Wildman–Crippen LogP) is 4.19. The minimum atomic E-state index is -1.54. The second kappa shape index (κ2) is 4.79. The van der Waals surface area contributed by atoms with E-state index in [-0.39, 0.29) is 0 Å². The smallest absolute Gasteiger partial charge is 0.242 e. The number of rotatable bonds is 3. The van der Waals surface area contributed by atoms with Crippen LogP contribution < -0.4 is 4.43 Å². The van der Waals surface area contributed by atoms with E-state index in [2.05, 4.69) is 36.9 Å². The van der Waals surface area contributed by atoms with Gasteiger partial charge in [-0.05, 0) is 56.0 Å². The van der Waals surface area contributed by atoms with Crippen molar-refractivity contribution in [1.82, 2.24) is 9.78 Å². The molecule has 0 atom stereocenters. The van der Waals surface area contributed by atoms with Crippen LogP contribution in [0.15, 0.2) is 54.7 Å². The van der Waals surface area contributed by atoms with Gasteiger partial charge in [-0.2, -0.15) is 5.10 Å². The Hall–Kier alpha value is -2.07. The van der Waals surface area contributed by atoms with Crippen LogP contribution in [0.2, 0.25) is 19.6 Å². The molecule has 1 aromatic carbocycles. The van der Waals surface area contributed by atoms with Crippen molar-refractivity contribution in [3.8, 4) is 22.7 Å². The molecule has 0 bridgehead atoms. The molecular formula is C16H18N2OSi. The minimum absolute atomic E-state index is 0.933. The fourth-order valence-electron chi connectivity index (χ4n) is 2.12. The van der Waals surface area contributed by atoms with Crippen molar-refractivity contribution in [2.75, 3.05) is 0 Å². The summed E-state index contributed by atoms with van der Waals surface area (Å²) in [6.07, 6.45) is 1.98. The van der Waals surface area contributed by atoms with Gasteiger partial charge in [0, 0.05) is 11.8 Å². The summed E-state index contributed by atoms with van der Waals surface area (Å²) in [6, 6.07) is 16.3. The number of nitrogens with zero attached hydrogens (tertiary/aromatic N) is 2. The quantitative estimate of drug-likeness (QED) is 0.673. The van der Waals surface area contributed by atoms with Gasteiger partial charge in [0.2, 0.25) is 8.32 Å². The average molecular weight is 282 g/mol. The first kappa shape index (κ1) is 12.9. The third-order valence-corrected chi connectivity index (χ3v) is 3.81. The van der Waals surface area contributed by atoms with E-state index < -0.39 is 8.32 Å². The van der Waals surface area contributed by atoms with Crippen LogP contribution >= 0.6 is 0 Å². The molecule has 3 rings (SSSR count). The maximum absolute atomic E-state index is 5.96. The third kappa shape index (κ3) is 2.75. The number of fused-ring (bicyclic) bond motifs is 1. The first-order chi connectivity index (χ1) is 9.51. The molecule has 0 saturated heterocycles. The SMILES string of the molecule is C[Si](C)(C)Oc1ccc(-n2ccc3cccc-3n2)cc1. The third-order valence-electron chi connectivity index (χ3n) is 2.96. The predicted molar refractivity (Wildman–Crippen MR) is 84.2 cm³/mol. The number of benzene rings is 1. The molecule has 1 aliphatic carbocycles. The molecule has 0 unspecified atom stereocenters. The van der Waals surface area contributed by atoms with Crippen molar-refractivity contribution in [3.63, 3.8) is 0 Å². The topological polar surface area (TPSA) is 27.1 Å². The Kier molecular flexibility index (Phi) is 3.10. The van der Waals surface area contributed by atoms with Crippen LogP contribution in [0.3, 0.4) is 0 Å². The van der Waals surface area contributed by atoms with E-state index in [1.54, 1.807) is 0 Å². The lowest BCUT2D eigenvalue weighted by Crippen LogP contribution is -2.29. The highest BCUT2D eigenvalue weighted by Gasteiger charge is 2.16. The summed E-state index contributed by atoms with van der Waals surface area (Å²) in [5.41, 5.74) is 3.21. The van der Waals surface area contributed by atoms with Gasteiger partial charge in [0.15, 0.2) is 0 Å². The van der Waals surface area contributed by atoms with Gasteiger partial charge in [-0.3, -0.25) is 0 Å². The Morgan fingerprint density at radius 2 is 1.70 bits per heavy atom. The van der Waals surface area contributed by atoms with Gasteiger partial charge in [0.25, 0.3) is 0 Å². The Morgan fingerprint density at radius 3 is 2.40 bits per heavy atom. The molecular weight excluding hydrogens is 264 g/mol. The van der Waals surface area contributed by atoms with Crippen molar-refractivity contribution in [2.24, 2.45) is 0 Å². The first-order valence-electron chi connectivity index (χ1n) is 6.75. The fraction of sp³-hybridized carbons (Fsp3) is 0.188. The summed E-state index contributed by atoms with van der Waals surface area (Å²) in [5.74, 6) is 0.933. The number of aromatic nitrogens is 2. The molecule has 0 spiro atoms. The first-order valence-corrected chi connectivity index (χ1v) is 10.2. The van der Waals surface area contributed by atoms with Crippen LogP contribution in [0.4, 0.5) is 0 Å².